The van der Waals surface area contributed by atoms with E-state index < -0.39 is 0 Å². The normalized spacial score (nSPS) is 15.0. The molecule has 0 atom stereocenters. The lowest BCUT2D eigenvalue weighted by molar-refractivity contribution is -0.127. The van der Waals surface area contributed by atoms with Gasteiger partial charge in [0.25, 0.3) is 5.91 Å². The fraction of sp³-hybridized carbons (Fsp3) is 0.357. The Bertz CT molecular complexity index is 649. The number of imidazole rings is 1. The number of likely N-dealkylation sites (tertiary alicyclic amines) is 1. The first-order valence-electron chi connectivity index (χ1n) is 6.73. The molecule has 3 rings (SSSR count). The van der Waals surface area contributed by atoms with Crippen molar-refractivity contribution in [2.45, 2.75) is 12.8 Å². The van der Waals surface area contributed by atoms with E-state index in [0.717, 1.165) is 18.6 Å². The predicted molar refractivity (Wildman–Crippen MR) is 73.3 cm³/mol. The number of carbonyl (C=O) groups excluding carboxylic acids is 2. The van der Waals surface area contributed by atoms with Gasteiger partial charge >= 0.3 is 0 Å². The topological polar surface area (TPSA) is 66.7 Å². The number of hydrogen-bond donors (Lipinski definition) is 1. The lowest BCUT2D eigenvalue weighted by Crippen LogP contribution is -2.35. The largest absolute Gasteiger partial charge is 0.350 e. The predicted octanol–water partition coefficient (Wildman–Crippen LogP) is 0.686. The van der Waals surface area contributed by atoms with E-state index in [0.29, 0.717) is 25.1 Å². The fourth-order valence-corrected chi connectivity index (χ4v) is 2.40. The lowest BCUT2D eigenvalue weighted by Gasteiger charge is -2.15. The Morgan fingerprint density at radius 3 is 3.10 bits per heavy atom. The molecular weight excluding hydrogens is 256 g/mol. The molecule has 0 unspecified atom stereocenters. The fourth-order valence-electron chi connectivity index (χ4n) is 2.40. The van der Waals surface area contributed by atoms with Crippen LogP contribution in [0.3, 0.4) is 0 Å². The maximum absolute atomic E-state index is 12.0. The number of carbonyl (C=O) groups is 2. The maximum atomic E-state index is 12.0. The summed E-state index contributed by atoms with van der Waals surface area (Å²) >= 11 is 0. The Kier molecular flexibility index (Phi) is 3.37. The van der Waals surface area contributed by atoms with Crippen molar-refractivity contribution >= 4 is 17.5 Å². The molecule has 1 aliphatic rings. The molecule has 3 heterocycles. The van der Waals surface area contributed by atoms with Crippen LogP contribution in [-0.2, 0) is 4.79 Å². The summed E-state index contributed by atoms with van der Waals surface area (Å²) in [6.45, 7) is 1.86. The van der Waals surface area contributed by atoms with Crippen LogP contribution < -0.4 is 5.32 Å². The van der Waals surface area contributed by atoms with Gasteiger partial charge in [0.1, 0.15) is 5.65 Å². The summed E-state index contributed by atoms with van der Waals surface area (Å²) in [6, 6.07) is 3.55. The molecule has 0 spiro atoms. The number of rotatable bonds is 4. The summed E-state index contributed by atoms with van der Waals surface area (Å²) in [7, 11) is 0. The van der Waals surface area contributed by atoms with Crippen LogP contribution in [0.1, 0.15) is 23.2 Å². The summed E-state index contributed by atoms with van der Waals surface area (Å²) < 4.78 is 1.80. The van der Waals surface area contributed by atoms with Crippen LogP contribution in [0.2, 0.25) is 0 Å². The van der Waals surface area contributed by atoms with Gasteiger partial charge in [0.15, 0.2) is 0 Å². The minimum Gasteiger partial charge on any atom is -0.350 e. The third kappa shape index (κ3) is 2.49. The van der Waals surface area contributed by atoms with Gasteiger partial charge in [-0.1, -0.05) is 0 Å². The number of aromatic nitrogens is 2. The molecule has 2 aromatic heterocycles. The Hall–Kier alpha value is -2.37. The van der Waals surface area contributed by atoms with Gasteiger partial charge in [0, 0.05) is 44.6 Å². The van der Waals surface area contributed by atoms with Crippen molar-refractivity contribution in [2.75, 3.05) is 19.6 Å². The molecule has 0 aromatic carbocycles. The van der Waals surface area contributed by atoms with Crippen molar-refractivity contribution < 1.29 is 9.59 Å². The second-order valence-electron chi connectivity index (χ2n) is 4.85. The number of fused-ring (bicyclic) bond motifs is 1. The van der Waals surface area contributed by atoms with Gasteiger partial charge in [0.2, 0.25) is 5.91 Å². The zero-order chi connectivity index (χ0) is 13.9. The van der Waals surface area contributed by atoms with Crippen LogP contribution in [0.5, 0.6) is 0 Å². The quantitative estimate of drug-likeness (QED) is 0.890. The average Bonchev–Trinajstić information content (AvgIpc) is 3.07. The Morgan fingerprint density at radius 2 is 2.30 bits per heavy atom. The molecule has 0 bridgehead atoms. The highest BCUT2D eigenvalue weighted by molar-refractivity contribution is 5.94. The molecule has 1 N–H and O–H groups in total. The molecule has 1 fully saturated rings. The van der Waals surface area contributed by atoms with Crippen molar-refractivity contribution in [1.82, 2.24) is 19.6 Å². The third-order valence-electron chi connectivity index (χ3n) is 3.49. The smallest absolute Gasteiger partial charge is 0.252 e. The zero-order valence-electron chi connectivity index (χ0n) is 11.1. The van der Waals surface area contributed by atoms with Crippen molar-refractivity contribution in [1.29, 1.82) is 0 Å². The maximum Gasteiger partial charge on any atom is 0.252 e. The molecule has 0 saturated carbocycles. The monoisotopic (exact) mass is 272 g/mol. The van der Waals surface area contributed by atoms with Gasteiger partial charge < -0.3 is 14.6 Å². The zero-order valence-corrected chi connectivity index (χ0v) is 11.1. The first-order valence-corrected chi connectivity index (χ1v) is 6.73. The van der Waals surface area contributed by atoms with E-state index in [4.69, 9.17) is 0 Å². The molecule has 6 nitrogen and oxygen atoms in total. The van der Waals surface area contributed by atoms with Crippen LogP contribution in [0.25, 0.3) is 5.65 Å². The van der Waals surface area contributed by atoms with Crippen LogP contribution >= 0.6 is 0 Å². The number of hydrogen-bond acceptors (Lipinski definition) is 3. The SMILES string of the molecule is O=C(NCCN1CCCC1=O)c1ccc2nccn2c1. The van der Waals surface area contributed by atoms with Crippen molar-refractivity contribution in [3.8, 4) is 0 Å². The van der Waals surface area contributed by atoms with Crippen molar-refractivity contribution in [3.05, 3.63) is 36.3 Å². The summed E-state index contributed by atoms with van der Waals surface area (Å²) in [4.78, 5) is 29.4. The number of nitrogens with zero attached hydrogens (tertiary/aromatic N) is 3. The summed E-state index contributed by atoms with van der Waals surface area (Å²) in [5, 5.41) is 2.84. The van der Waals surface area contributed by atoms with E-state index >= 15 is 0 Å². The summed E-state index contributed by atoms with van der Waals surface area (Å²) in [5.74, 6) is 0.0475. The van der Waals surface area contributed by atoms with Gasteiger partial charge in [-0.15, -0.1) is 0 Å². The Labute approximate surface area is 116 Å². The highest BCUT2D eigenvalue weighted by atomic mass is 16.2. The molecular formula is C14H16N4O2. The second-order valence-corrected chi connectivity index (χ2v) is 4.85. The molecule has 2 amide bonds. The van der Waals surface area contributed by atoms with E-state index in [-0.39, 0.29) is 11.8 Å². The van der Waals surface area contributed by atoms with Gasteiger partial charge in [-0.2, -0.15) is 0 Å². The second kappa shape index (κ2) is 5.32. The summed E-state index contributed by atoms with van der Waals surface area (Å²) in [5.41, 5.74) is 1.40. The molecule has 104 valence electrons. The first kappa shape index (κ1) is 12.7. The molecule has 20 heavy (non-hydrogen) atoms. The van der Waals surface area contributed by atoms with Crippen LogP contribution in [0.15, 0.2) is 30.7 Å². The molecule has 2 aromatic rings. The number of pyridine rings is 1. The minimum absolute atomic E-state index is 0.132. The van der Waals surface area contributed by atoms with Crippen LogP contribution in [0, 0.1) is 0 Å². The van der Waals surface area contributed by atoms with Gasteiger partial charge in [0.05, 0.1) is 5.56 Å². The minimum atomic E-state index is -0.132. The van der Waals surface area contributed by atoms with Gasteiger partial charge in [-0.3, -0.25) is 9.59 Å². The molecule has 1 aliphatic heterocycles. The van der Waals surface area contributed by atoms with E-state index in [1.54, 1.807) is 40.0 Å². The highest BCUT2D eigenvalue weighted by Gasteiger charge is 2.19. The molecule has 0 radical (unpaired) electrons. The average molecular weight is 272 g/mol. The highest BCUT2D eigenvalue weighted by Crippen LogP contribution is 2.08. The van der Waals surface area contributed by atoms with E-state index in [1.807, 2.05) is 0 Å². The Morgan fingerprint density at radius 1 is 1.40 bits per heavy atom. The summed E-state index contributed by atoms with van der Waals surface area (Å²) in [6.07, 6.45) is 6.79. The third-order valence-corrected chi connectivity index (χ3v) is 3.49. The first-order chi connectivity index (χ1) is 9.74. The van der Waals surface area contributed by atoms with E-state index in [9.17, 15) is 9.59 Å². The molecule has 6 heteroatoms. The van der Waals surface area contributed by atoms with Crippen LogP contribution in [-0.4, -0.2) is 45.7 Å². The van der Waals surface area contributed by atoms with Gasteiger partial charge in [-0.25, -0.2) is 4.98 Å². The number of amides is 2. The van der Waals surface area contributed by atoms with E-state index in [2.05, 4.69) is 10.3 Å². The Balaban J connectivity index is 1.57. The number of nitrogens with one attached hydrogen (secondary N) is 1. The standard InChI is InChI=1S/C14H16N4O2/c19-13-2-1-7-17(13)8-6-16-14(20)11-3-4-12-15-5-9-18(12)10-11/h3-5,9-10H,1-2,6-8H2,(H,16,20). The molecule has 1 saturated heterocycles. The van der Waals surface area contributed by atoms with Crippen LogP contribution in [0.4, 0.5) is 0 Å². The van der Waals surface area contributed by atoms with Crippen molar-refractivity contribution in [3.63, 3.8) is 0 Å². The molecule has 0 aliphatic carbocycles. The van der Waals surface area contributed by atoms with Gasteiger partial charge in [-0.05, 0) is 18.6 Å². The lowest BCUT2D eigenvalue weighted by atomic mass is 10.2. The van der Waals surface area contributed by atoms with Crippen molar-refractivity contribution in [2.24, 2.45) is 0 Å². The van der Waals surface area contributed by atoms with E-state index in [1.165, 1.54) is 0 Å².